The number of oxime groups is 1. The fourth-order valence-corrected chi connectivity index (χ4v) is 8.62. The first kappa shape index (κ1) is 66.0. The van der Waals surface area contributed by atoms with Crippen LogP contribution in [0.4, 0.5) is 8.78 Å². The summed E-state index contributed by atoms with van der Waals surface area (Å²) >= 11 is 0. The van der Waals surface area contributed by atoms with Crippen LogP contribution in [0.25, 0.3) is 0 Å². The summed E-state index contributed by atoms with van der Waals surface area (Å²) in [5, 5.41) is 56.6. The Bertz CT molecular complexity index is 1990. The second kappa shape index (κ2) is 36.0. The first-order chi connectivity index (χ1) is 32.7. The van der Waals surface area contributed by atoms with Gasteiger partial charge in [-0.3, -0.25) is 9.59 Å². The molecule has 0 aromatic heterocycles. The van der Waals surface area contributed by atoms with Crippen LogP contribution in [0.2, 0.25) is 0 Å². The summed E-state index contributed by atoms with van der Waals surface area (Å²) in [4.78, 5) is 22.4. The molecule has 2 aromatic carbocycles. The van der Waals surface area contributed by atoms with E-state index in [0.717, 1.165) is 19.3 Å². The fraction of sp³-hybridized carbons (Fsp3) is 0.547. The molecule has 2 saturated carbocycles. The zero-order chi connectivity index (χ0) is 50.5. The third kappa shape index (κ3) is 22.6. The minimum atomic E-state index is -0.593. The SMILES string of the molecule is CNC(C)(/C=C/C1/C(=N\O)CC(O)C1C/C=C\CCCC(=O)OC)CCc1ccccc1F.CNC(C)(/C=C/C1C(NO)CC(O)C1C/C=C\CCCC(=O)OC)CCc1ccccc1F.[B].[C-]#N.[Na+]. The topological polar surface area (TPSA) is 206 Å². The molecule has 2 aliphatic rings. The van der Waals surface area contributed by atoms with Gasteiger partial charge in [-0.2, -0.15) is 0 Å². The molecule has 2 aliphatic carbocycles. The number of aliphatic hydroxyl groups excluding tert-OH is 2. The number of halogens is 2. The molecule has 13 nitrogen and oxygen atoms in total. The maximum atomic E-state index is 14.0. The third-order valence-corrected chi connectivity index (χ3v) is 13.4. The number of benzene rings is 2. The number of carbonyl (C=O) groups is 2. The van der Waals surface area contributed by atoms with Crippen molar-refractivity contribution in [2.75, 3.05) is 28.3 Å². The molecule has 2 fully saturated rings. The van der Waals surface area contributed by atoms with E-state index in [2.05, 4.69) is 49.8 Å². The summed E-state index contributed by atoms with van der Waals surface area (Å²) in [6, 6.07) is 13.4. The Kier molecular flexibility index (Phi) is 33.9. The van der Waals surface area contributed by atoms with Crippen LogP contribution in [-0.4, -0.2) is 104 Å². The number of allylic oxidation sites excluding steroid dienone is 5. The predicted octanol–water partition coefficient (Wildman–Crippen LogP) is 5.06. The monoisotopic (exact) mass is 983 g/mol. The van der Waals surface area contributed by atoms with Crippen molar-refractivity contribution in [3.63, 3.8) is 0 Å². The number of likely N-dealkylation sites (N-methyl/N-ethyl adjacent to an activating group) is 2. The molecule has 17 heteroatoms. The van der Waals surface area contributed by atoms with Crippen molar-refractivity contribution in [2.45, 2.75) is 133 Å². The Balaban J connectivity index is 0.00000128. The normalized spacial score (nSPS) is 23.2. The van der Waals surface area contributed by atoms with Gasteiger partial charge in [-0.1, -0.05) is 90.2 Å². The van der Waals surface area contributed by atoms with E-state index in [1.54, 1.807) is 18.2 Å². The molecule has 0 saturated heterocycles. The van der Waals surface area contributed by atoms with Gasteiger partial charge < -0.3 is 52.6 Å². The quantitative estimate of drug-likeness (QED) is 0.0133. The van der Waals surface area contributed by atoms with Crippen LogP contribution >= 0.6 is 0 Å². The number of aliphatic hydroxyl groups is 2. The molecular weight excluding hydrogens is 906 g/mol. The summed E-state index contributed by atoms with van der Waals surface area (Å²) in [6.45, 7) is 8.86. The number of aryl methyl sites for hydroxylation is 2. The van der Waals surface area contributed by atoms with Gasteiger partial charge in [0.2, 0.25) is 0 Å². The standard InChI is InChI=1S/C26H39FN2O4.C26H37FN2O4.CN.B.Na/c2*1-26(28-2,16-14-19-10-8-9-12-22(19)27)17-15-20-21(24(30)18-23(20)29-32)11-6-4-5-7-13-25(31)33-3;1-2;;/h4,6,8-10,12,15,17,20-21,23-24,28-30,32H,5,7,11,13-14,16,18H2,1-3H3;4,6,8-10,12,15,17,20-21,24,28,30,32H,5,7,11,13-14,16,18H2,1-3H3;;;/q;;-1;;+1/b6-4-,17-15+;6-4-,17-15+,29-23-;;;. The van der Waals surface area contributed by atoms with Crippen LogP contribution in [-0.2, 0) is 31.9 Å². The summed E-state index contributed by atoms with van der Waals surface area (Å²) in [5.41, 5.74) is 3.56. The molecule has 9 unspecified atom stereocenters. The maximum Gasteiger partial charge on any atom is 1.00 e. The van der Waals surface area contributed by atoms with Crippen LogP contribution < -0.4 is 45.7 Å². The Morgan fingerprint density at radius 2 is 1.24 bits per heavy atom. The number of hydrogen-bond donors (Lipinski definition) is 7. The van der Waals surface area contributed by atoms with Crippen molar-refractivity contribution < 1.29 is 78.0 Å². The number of nitrogens with one attached hydrogen (secondary N) is 3. The van der Waals surface area contributed by atoms with Gasteiger partial charge in [-0.15, -0.1) is 0 Å². The van der Waals surface area contributed by atoms with Crippen LogP contribution in [0.1, 0.15) is 102 Å². The first-order valence-electron chi connectivity index (χ1n) is 23.5. The van der Waals surface area contributed by atoms with E-state index in [1.807, 2.05) is 75.7 Å². The van der Waals surface area contributed by atoms with Crippen molar-refractivity contribution in [3.8, 4) is 0 Å². The predicted molar refractivity (Wildman–Crippen MR) is 266 cm³/mol. The summed E-state index contributed by atoms with van der Waals surface area (Å²) < 4.78 is 37.3. The van der Waals surface area contributed by atoms with E-state index in [4.69, 9.17) is 11.8 Å². The number of hydroxylamine groups is 1. The average Bonchev–Trinajstić information content (AvgIpc) is 3.84. The number of nitrogens with zero attached hydrogens (tertiary/aromatic N) is 2. The first-order valence-corrected chi connectivity index (χ1v) is 23.5. The number of carbonyl (C=O) groups excluding carboxylic acids is 2. The second-order valence-corrected chi connectivity index (χ2v) is 17.9. The molecule has 9 atom stereocenters. The van der Waals surface area contributed by atoms with Gasteiger partial charge in [0.05, 0.1) is 32.1 Å². The van der Waals surface area contributed by atoms with Crippen molar-refractivity contribution in [1.29, 1.82) is 5.26 Å². The average molecular weight is 983 g/mol. The minimum Gasteiger partial charge on any atom is -0.512 e. The van der Waals surface area contributed by atoms with Crippen LogP contribution in [0.3, 0.4) is 0 Å². The number of unbranched alkanes of at least 4 members (excludes halogenated alkanes) is 2. The molecule has 7 N–H and O–H groups in total. The van der Waals surface area contributed by atoms with Gasteiger partial charge in [0.15, 0.2) is 0 Å². The molecule has 70 heavy (non-hydrogen) atoms. The second-order valence-electron chi connectivity index (χ2n) is 17.9. The number of ether oxygens (including phenoxy) is 2. The van der Waals surface area contributed by atoms with Gasteiger partial charge in [-0.25, -0.2) is 14.3 Å². The van der Waals surface area contributed by atoms with E-state index in [-0.39, 0.29) is 102 Å². The molecule has 0 amide bonds. The summed E-state index contributed by atoms with van der Waals surface area (Å²) in [6.07, 6.45) is 23.6. The minimum absolute atomic E-state index is 0. The van der Waals surface area contributed by atoms with Gasteiger partial charge in [-0.05, 0) is 128 Å². The largest absolute Gasteiger partial charge is 1.00 e. The van der Waals surface area contributed by atoms with Gasteiger partial charge in [0.1, 0.15) is 11.6 Å². The summed E-state index contributed by atoms with van der Waals surface area (Å²) in [5.74, 6) is -1.19. The Morgan fingerprint density at radius 3 is 1.67 bits per heavy atom. The number of hydrogen-bond acceptors (Lipinski definition) is 13. The molecule has 0 bridgehead atoms. The number of esters is 2. The molecular formula is C53H76BF2N5NaO8. The van der Waals surface area contributed by atoms with Crippen LogP contribution in [0.15, 0.2) is 102 Å². The number of methoxy groups -OCH3 is 2. The van der Waals surface area contributed by atoms with Gasteiger partial charge >= 0.3 is 41.5 Å². The van der Waals surface area contributed by atoms with Crippen molar-refractivity contribution in [3.05, 3.63) is 126 Å². The zero-order valence-electron chi connectivity index (χ0n) is 42.3. The maximum absolute atomic E-state index is 14.0. The van der Waals surface area contributed by atoms with E-state index >= 15 is 0 Å². The molecule has 0 aliphatic heterocycles. The van der Waals surface area contributed by atoms with Crippen LogP contribution in [0.5, 0.6) is 0 Å². The van der Waals surface area contributed by atoms with Crippen LogP contribution in [0, 0.1) is 47.1 Å². The molecule has 3 radical (unpaired) electrons. The van der Waals surface area contributed by atoms with Crippen molar-refractivity contribution in [2.24, 2.45) is 28.8 Å². The number of rotatable bonds is 25. The Morgan fingerprint density at radius 1 is 0.786 bits per heavy atom. The van der Waals surface area contributed by atoms with Gasteiger partial charge in [0, 0.05) is 62.5 Å². The molecule has 379 valence electrons. The third-order valence-electron chi connectivity index (χ3n) is 13.4. The molecule has 2 aromatic rings. The molecule has 4 rings (SSSR count). The van der Waals surface area contributed by atoms with Gasteiger partial charge in [0.25, 0.3) is 0 Å². The van der Waals surface area contributed by atoms with E-state index in [1.165, 1.54) is 26.4 Å². The zero-order valence-corrected chi connectivity index (χ0v) is 44.3. The van der Waals surface area contributed by atoms with Crippen molar-refractivity contribution in [1.82, 2.24) is 16.1 Å². The van der Waals surface area contributed by atoms with E-state index in [0.29, 0.717) is 87.5 Å². The van der Waals surface area contributed by atoms with Crippen molar-refractivity contribution >= 4 is 26.1 Å². The molecule has 0 spiro atoms. The van der Waals surface area contributed by atoms with E-state index in [9.17, 15) is 39.0 Å². The smallest absolute Gasteiger partial charge is 0.512 e. The Labute approximate surface area is 439 Å². The Hall–Kier alpha value is -4.02. The van der Waals surface area contributed by atoms with E-state index < -0.39 is 12.2 Å². The molecule has 0 heterocycles. The fourth-order valence-electron chi connectivity index (χ4n) is 8.62. The summed E-state index contributed by atoms with van der Waals surface area (Å²) in [7, 11) is 6.51.